The van der Waals surface area contributed by atoms with Gasteiger partial charge in [-0.05, 0) is 56.0 Å². The van der Waals surface area contributed by atoms with E-state index in [1.807, 2.05) is 26.0 Å². The van der Waals surface area contributed by atoms with Crippen LogP contribution in [0.25, 0.3) is 0 Å². The lowest BCUT2D eigenvalue weighted by atomic mass is 10.1. The van der Waals surface area contributed by atoms with Crippen LogP contribution in [0.2, 0.25) is 5.02 Å². The van der Waals surface area contributed by atoms with Gasteiger partial charge in [0.1, 0.15) is 0 Å². The van der Waals surface area contributed by atoms with E-state index in [4.69, 9.17) is 16.3 Å². The highest BCUT2D eigenvalue weighted by atomic mass is 35.5. The van der Waals surface area contributed by atoms with Gasteiger partial charge in [-0.2, -0.15) is 0 Å². The number of benzene rings is 1. The van der Waals surface area contributed by atoms with Gasteiger partial charge in [-0.1, -0.05) is 11.6 Å². The van der Waals surface area contributed by atoms with E-state index in [2.05, 4.69) is 15.5 Å². The van der Waals surface area contributed by atoms with Gasteiger partial charge in [0.2, 0.25) is 0 Å². The van der Waals surface area contributed by atoms with Crippen LogP contribution in [-0.2, 0) is 4.74 Å². The molecule has 1 aliphatic rings. The molecule has 128 valence electrons. The number of amides is 2. The third-order valence-corrected chi connectivity index (χ3v) is 4.49. The second-order valence-electron chi connectivity index (χ2n) is 6.20. The fourth-order valence-corrected chi connectivity index (χ4v) is 3.33. The van der Waals surface area contributed by atoms with E-state index in [-0.39, 0.29) is 6.03 Å². The molecule has 0 spiro atoms. The fraction of sp³-hybridized carbons (Fsp3) is 0.588. The van der Waals surface area contributed by atoms with Crippen molar-refractivity contribution >= 4 is 23.3 Å². The number of urea groups is 1. The molecule has 5 nitrogen and oxygen atoms in total. The second-order valence-corrected chi connectivity index (χ2v) is 6.63. The molecular formula is C17H26ClN3O2. The maximum absolute atomic E-state index is 12.1. The Balaban J connectivity index is 1.78. The molecule has 1 saturated heterocycles. The average Bonchev–Trinajstić information content (AvgIpc) is 2.94. The third-order valence-electron chi connectivity index (χ3n) is 4.27. The molecule has 23 heavy (non-hydrogen) atoms. The van der Waals surface area contributed by atoms with Gasteiger partial charge in [-0.15, -0.1) is 0 Å². The summed E-state index contributed by atoms with van der Waals surface area (Å²) < 4.78 is 5.10. The van der Waals surface area contributed by atoms with E-state index < -0.39 is 0 Å². The number of aryl methyl sites for hydroxylation is 2. The molecule has 1 aromatic carbocycles. The molecule has 2 amide bonds. The number of hydrogen-bond acceptors (Lipinski definition) is 3. The Morgan fingerprint density at radius 1 is 1.39 bits per heavy atom. The lowest BCUT2D eigenvalue weighted by Crippen LogP contribution is -2.34. The van der Waals surface area contributed by atoms with E-state index in [1.54, 1.807) is 7.11 Å². The van der Waals surface area contributed by atoms with Gasteiger partial charge in [0.25, 0.3) is 0 Å². The molecule has 0 saturated carbocycles. The number of ether oxygens (including phenoxy) is 1. The summed E-state index contributed by atoms with van der Waals surface area (Å²) in [6, 6.07) is 3.55. The molecule has 1 aromatic rings. The number of anilines is 1. The largest absolute Gasteiger partial charge is 0.383 e. The quantitative estimate of drug-likeness (QED) is 0.837. The van der Waals surface area contributed by atoms with Crippen molar-refractivity contribution in [2.75, 3.05) is 45.2 Å². The van der Waals surface area contributed by atoms with Crippen LogP contribution in [0.3, 0.4) is 0 Å². The van der Waals surface area contributed by atoms with Crippen molar-refractivity contribution < 1.29 is 9.53 Å². The number of methoxy groups -OCH3 is 1. The van der Waals surface area contributed by atoms with Gasteiger partial charge in [0.15, 0.2) is 0 Å². The summed E-state index contributed by atoms with van der Waals surface area (Å²) in [5, 5.41) is 6.60. The third kappa shape index (κ3) is 5.37. The summed E-state index contributed by atoms with van der Waals surface area (Å²) in [7, 11) is 1.72. The summed E-state index contributed by atoms with van der Waals surface area (Å²) in [6.45, 7) is 8.40. The van der Waals surface area contributed by atoms with Crippen molar-refractivity contribution in [1.29, 1.82) is 0 Å². The van der Waals surface area contributed by atoms with Crippen LogP contribution in [0.4, 0.5) is 10.5 Å². The van der Waals surface area contributed by atoms with Gasteiger partial charge in [0.05, 0.1) is 6.61 Å². The molecule has 0 bridgehead atoms. The maximum Gasteiger partial charge on any atom is 0.319 e. The first-order valence-electron chi connectivity index (χ1n) is 8.02. The highest BCUT2D eigenvalue weighted by Gasteiger charge is 2.22. The predicted octanol–water partition coefficient (Wildman–Crippen LogP) is 3.05. The monoisotopic (exact) mass is 339 g/mol. The van der Waals surface area contributed by atoms with Crippen molar-refractivity contribution in [3.8, 4) is 0 Å². The topological polar surface area (TPSA) is 53.6 Å². The minimum atomic E-state index is -0.158. The summed E-state index contributed by atoms with van der Waals surface area (Å²) >= 11 is 6.01. The molecule has 0 radical (unpaired) electrons. The van der Waals surface area contributed by atoms with Crippen molar-refractivity contribution in [2.45, 2.75) is 20.3 Å². The van der Waals surface area contributed by atoms with Crippen molar-refractivity contribution in [2.24, 2.45) is 5.92 Å². The highest BCUT2D eigenvalue weighted by molar-refractivity contribution is 6.30. The molecule has 0 aliphatic carbocycles. The molecule has 6 heteroatoms. The number of carbonyl (C=O) groups is 1. The molecule has 1 fully saturated rings. The van der Waals surface area contributed by atoms with Crippen LogP contribution in [0, 0.1) is 19.8 Å². The smallest absolute Gasteiger partial charge is 0.319 e. The Kier molecular flexibility index (Phi) is 6.69. The highest BCUT2D eigenvalue weighted by Crippen LogP contribution is 2.24. The minimum Gasteiger partial charge on any atom is -0.383 e. The molecule has 0 aromatic heterocycles. The maximum atomic E-state index is 12.1. The molecule has 2 N–H and O–H groups in total. The average molecular weight is 340 g/mol. The number of likely N-dealkylation sites (tertiary alicyclic amines) is 1. The van der Waals surface area contributed by atoms with E-state index in [0.29, 0.717) is 17.5 Å². The van der Waals surface area contributed by atoms with Gasteiger partial charge in [-0.25, -0.2) is 4.79 Å². The zero-order chi connectivity index (χ0) is 16.8. The minimum absolute atomic E-state index is 0.158. The lowest BCUT2D eigenvalue weighted by molar-refractivity contribution is 0.159. The standard InChI is InChI=1S/C17H26ClN3O2/c1-12-8-15(18)9-13(2)16(12)20-17(22)19-10-14-4-5-21(11-14)6-7-23-3/h8-9,14H,4-7,10-11H2,1-3H3,(H2,19,20,22)/t14-/m1/s1. The van der Waals surface area contributed by atoms with E-state index in [1.165, 1.54) is 0 Å². The van der Waals surface area contributed by atoms with E-state index in [9.17, 15) is 4.79 Å². The Labute approximate surface area is 143 Å². The fourth-order valence-electron chi connectivity index (χ4n) is 3.01. The van der Waals surface area contributed by atoms with Crippen molar-refractivity contribution in [3.63, 3.8) is 0 Å². The van der Waals surface area contributed by atoms with Crippen molar-refractivity contribution in [3.05, 3.63) is 28.3 Å². The van der Waals surface area contributed by atoms with Gasteiger partial charge in [-0.3, -0.25) is 0 Å². The van der Waals surface area contributed by atoms with Gasteiger partial charge in [0, 0.05) is 37.5 Å². The first-order chi connectivity index (χ1) is 11.0. The van der Waals surface area contributed by atoms with Crippen LogP contribution >= 0.6 is 11.6 Å². The number of carbonyl (C=O) groups excluding carboxylic acids is 1. The Morgan fingerprint density at radius 3 is 2.74 bits per heavy atom. The molecule has 1 aliphatic heterocycles. The molecule has 0 unspecified atom stereocenters. The Hall–Kier alpha value is -1.30. The first-order valence-corrected chi connectivity index (χ1v) is 8.40. The summed E-state index contributed by atoms with van der Waals surface area (Å²) in [5.74, 6) is 0.505. The predicted molar refractivity (Wildman–Crippen MR) is 94.4 cm³/mol. The number of rotatable bonds is 6. The Morgan fingerprint density at radius 2 is 2.09 bits per heavy atom. The number of nitrogens with zero attached hydrogens (tertiary/aromatic N) is 1. The molecule has 1 atom stereocenters. The normalized spacial score (nSPS) is 18.2. The van der Waals surface area contributed by atoms with Crippen LogP contribution in [0.1, 0.15) is 17.5 Å². The Bertz CT molecular complexity index is 528. The lowest BCUT2D eigenvalue weighted by Gasteiger charge is -2.16. The van der Waals surface area contributed by atoms with Gasteiger partial charge < -0.3 is 20.3 Å². The number of hydrogen-bond donors (Lipinski definition) is 2. The van der Waals surface area contributed by atoms with E-state index >= 15 is 0 Å². The summed E-state index contributed by atoms with van der Waals surface area (Å²) in [5.41, 5.74) is 2.77. The van der Waals surface area contributed by atoms with Crippen molar-refractivity contribution in [1.82, 2.24) is 10.2 Å². The van der Waals surface area contributed by atoms with E-state index in [0.717, 1.165) is 49.5 Å². The molecule has 2 rings (SSSR count). The SMILES string of the molecule is COCCN1CC[C@H](CNC(=O)Nc2c(C)cc(Cl)cc2C)C1. The zero-order valence-corrected chi connectivity index (χ0v) is 14.9. The summed E-state index contributed by atoms with van der Waals surface area (Å²) in [4.78, 5) is 14.5. The first kappa shape index (κ1) is 18.0. The van der Waals surface area contributed by atoms with Gasteiger partial charge >= 0.3 is 6.03 Å². The number of nitrogens with one attached hydrogen (secondary N) is 2. The summed E-state index contributed by atoms with van der Waals surface area (Å²) in [6.07, 6.45) is 1.11. The molecule has 1 heterocycles. The molecular weight excluding hydrogens is 314 g/mol. The van der Waals surface area contributed by atoms with Crippen LogP contribution in [0.15, 0.2) is 12.1 Å². The van der Waals surface area contributed by atoms with Crippen LogP contribution < -0.4 is 10.6 Å². The van der Waals surface area contributed by atoms with Crippen LogP contribution in [0.5, 0.6) is 0 Å². The zero-order valence-electron chi connectivity index (χ0n) is 14.1. The van der Waals surface area contributed by atoms with Crippen LogP contribution in [-0.4, -0.2) is 50.8 Å². The number of halogens is 1. The second kappa shape index (κ2) is 8.52.